The van der Waals surface area contributed by atoms with Gasteiger partial charge in [0.25, 0.3) is 0 Å². The minimum Gasteiger partial charge on any atom is -0.481 e. The van der Waals surface area contributed by atoms with Crippen LogP contribution in [0.15, 0.2) is 0 Å². The lowest BCUT2D eigenvalue weighted by atomic mass is 10.1. The van der Waals surface area contributed by atoms with Gasteiger partial charge in [0.15, 0.2) is 0 Å². The second kappa shape index (κ2) is 4.49. The van der Waals surface area contributed by atoms with Crippen LogP contribution in [0.25, 0.3) is 0 Å². The molecule has 1 aromatic heterocycles. The van der Waals surface area contributed by atoms with Gasteiger partial charge in [-0.05, 0) is 32.6 Å². The summed E-state index contributed by atoms with van der Waals surface area (Å²) in [6.45, 7) is 1.96. The Bertz CT molecular complexity index is 416. The Hall–Kier alpha value is -1.36. The van der Waals surface area contributed by atoms with E-state index in [1.807, 2.05) is 6.92 Å². The summed E-state index contributed by atoms with van der Waals surface area (Å²) in [7, 11) is 3.16. The van der Waals surface area contributed by atoms with Crippen LogP contribution in [0, 0.1) is 6.92 Å². The molecule has 17 heavy (non-hydrogen) atoms. The average Bonchev–Trinajstić information content (AvgIpc) is 3.06. The summed E-state index contributed by atoms with van der Waals surface area (Å²) in [5.41, 5.74) is 8.05. The summed E-state index contributed by atoms with van der Waals surface area (Å²) in [6, 6.07) is 0.351. The number of ether oxygens (including phenoxy) is 2. The molecule has 0 atom stereocenters. The zero-order chi connectivity index (χ0) is 12.5. The highest BCUT2D eigenvalue weighted by Gasteiger charge is 2.37. The molecule has 1 fully saturated rings. The first-order valence-electron chi connectivity index (χ1n) is 5.82. The first-order chi connectivity index (χ1) is 8.08. The Kier molecular flexibility index (Phi) is 3.19. The molecule has 0 aliphatic heterocycles. The fourth-order valence-corrected chi connectivity index (χ4v) is 1.83. The standard InChI is InChI=1S/C12H19N3O2/c1-8-9(4-5-12(13)6-7-12)14-11(17-3)15-10(8)16-2/h4-7,13H2,1-3H3. The molecular weight excluding hydrogens is 218 g/mol. The van der Waals surface area contributed by atoms with E-state index in [0.717, 1.165) is 36.9 Å². The lowest BCUT2D eigenvalue weighted by Gasteiger charge is -2.12. The van der Waals surface area contributed by atoms with Crippen molar-refractivity contribution in [3.63, 3.8) is 0 Å². The number of rotatable bonds is 5. The molecule has 2 N–H and O–H groups in total. The van der Waals surface area contributed by atoms with E-state index in [2.05, 4.69) is 9.97 Å². The third-order valence-corrected chi connectivity index (χ3v) is 3.31. The van der Waals surface area contributed by atoms with Gasteiger partial charge in [-0.2, -0.15) is 9.97 Å². The lowest BCUT2D eigenvalue weighted by Crippen LogP contribution is -2.22. The predicted molar refractivity (Wildman–Crippen MR) is 64.3 cm³/mol. The van der Waals surface area contributed by atoms with Crippen LogP contribution >= 0.6 is 0 Å². The van der Waals surface area contributed by atoms with E-state index in [1.54, 1.807) is 14.2 Å². The van der Waals surface area contributed by atoms with E-state index >= 15 is 0 Å². The fraction of sp³-hybridized carbons (Fsp3) is 0.667. The molecule has 1 saturated carbocycles. The van der Waals surface area contributed by atoms with Crippen molar-refractivity contribution < 1.29 is 9.47 Å². The van der Waals surface area contributed by atoms with E-state index in [-0.39, 0.29) is 5.54 Å². The van der Waals surface area contributed by atoms with Crippen LogP contribution in [-0.4, -0.2) is 29.7 Å². The van der Waals surface area contributed by atoms with E-state index in [0.29, 0.717) is 11.9 Å². The second-order valence-corrected chi connectivity index (χ2v) is 4.65. The molecule has 5 nitrogen and oxygen atoms in total. The predicted octanol–water partition coefficient (Wildman–Crippen LogP) is 1.23. The summed E-state index contributed by atoms with van der Waals surface area (Å²) >= 11 is 0. The number of hydrogen-bond donors (Lipinski definition) is 1. The average molecular weight is 237 g/mol. The number of aromatic nitrogens is 2. The van der Waals surface area contributed by atoms with Gasteiger partial charge in [0.2, 0.25) is 5.88 Å². The van der Waals surface area contributed by atoms with Gasteiger partial charge in [0.1, 0.15) is 0 Å². The zero-order valence-electron chi connectivity index (χ0n) is 10.6. The normalized spacial score (nSPS) is 16.7. The van der Waals surface area contributed by atoms with Crippen molar-refractivity contribution >= 4 is 0 Å². The van der Waals surface area contributed by atoms with Gasteiger partial charge in [0, 0.05) is 11.1 Å². The fourth-order valence-electron chi connectivity index (χ4n) is 1.83. The smallest absolute Gasteiger partial charge is 0.319 e. The van der Waals surface area contributed by atoms with Crippen molar-refractivity contribution in [2.75, 3.05) is 14.2 Å². The Morgan fingerprint density at radius 2 is 1.94 bits per heavy atom. The first-order valence-corrected chi connectivity index (χ1v) is 5.82. The van der Waals surface area contributed by atoms with Gasteiger partial charge in [-0.1, -0.05) is 0 Å². The number of nitrogens with two attached hydrogens (primary N) is 1. The number of methoxy groups -OCH3 is 2. The van der Waals surface area contributed by atoms with E-state index in [4.69, 9.17) is 15.2 Å². The molecule has 1 aliphatic carbocycles. The molecule has 0 bridgehead atoms. The lowest BCUT2D eigenvalue weighted by molar-refractivity contribution is 0.347. The summed E-state index contributed by atoms with van der Waals surface area (Å²) in [4.78, 5) is 8.50. The van der Waals surface area contributed by atoms with Crippen molar-refractivity contribution in [2.45, 2.75) is 38.1 Å². The second-order valence-electron chi connectivity index (χ2n) is 4.65. The van der Waals surface area contributed by atoms with Crippen molar-refractivity contribution in [3.05, 3.63) is 11.3 Å². The molecule has 1 aromatic rings. The molecule has 0 aromatic carbocycles. The Balaban J connectivity index is 2.18. The van der Waals surface area contributed by atoms with Gasteiger partial charge in [-0.15, -0.1) is 0 Å². The summed E-state index contributed by atoms with van der Waals surface area (Å²) in [5, 5.41) is 0. The molecular formula is C12H19N3O2. The van der Waals surface area contributed by atoms with E-state index in [9.17, 15) is 0 Å². The molecule has 2 rings (SSSR count). The van der Waals surface area contributed by atoms with Crippen LogP contribution in [-0.2, 0) is 6.42 Å². The molecule has 94 valence electrons. The maximum Gasteiger partial charge on any atom is 0.319 e. The van der Waals surface area contributed by atoms with Crippen LogP contribution < -0.4 is 15.2 Å². The van der Waals surface area contributed by atoms with Crippen molar-refractivity contribution in [1.82, 2.24) is 9.97 Å². The van der Waals surface area contributed by atoms with Gasteiger partial charge in [-0.3, -0.25) is 0 Å². The highest BCUT2D eigenvalue weighted by Crippen LogP contribution is 2.37. The van der Waals surface area contributed by atoms with Gasteiger partial charge in [-0.25, -0.2) is 0 Å². The van der Waals surface area contributed by atoms with Gasteiger partial charge >= 0.3 is 6.01 Å². The third-order valence-electron chi connectivity index (χ3n) is 3.31. The van der Waals surface area contributed by atoms with Crippen molar-refractivity contribution in [2.24, 2.45) is 5.73 Å². The zero-order valence-corrected chi connectivity index (χ0v) is 10.6. The minimum atomic E-state index is 0.0395. The van der Waals surface area contributed by atoms with Gasteiger partial charge < -0.3 is 15.2 Å². The highest BCUT2D eigenvalue weighted by atomic mass is 16.5. The quantitative estimate of drug-likeness (QED) is 0.834. The molecule has 1 heterocycles. The molecule has 0 unspecified atom stereocenters. The van der Waals surface area contributed by atoms with Crippen molar-refractivity contribution in [1.29, 1.82) is 0 Å². The maximum atomic E-state index is 6.08. The van der Waals surface area contributed by atoms with Crippen LogP contribution in [0.3, 0.4) is 0 Å². The van der Waals surface area contributed by atoms with Crippen LogP contribution in [0.5, 0.6) is 11.9 Å². The maximum absolute atomic E-state index is 6.08. The van der Waals surface area contributed by atoms with Crippen LogP contribution in [0.2, 0.25) is 0 Å². The number of aryl methyl sites for hydroxylation is 1. The molecule has 0 amide bonds. The highest BCUT2D eigenvalue weighted by molar-refractivity contribution is 5.31. The number of hydrogen-bond acceptors (Lipinski definition) is 5. The van der Waals surface area contributed by atoms with E-state index in [1.165, 1.54) is 0 Å². The topological polar surface area (TPSA) is 70.3 Å². The Labute approximate surface area is 101 Å². The summed E-state index contributed by atoms with van der Waals surface area (Å²) in [6.07, 6.45) is 4.03. The Morgan fingerprint density at radius 3 is 2.47 bits per heavy atom. The van der Waals surface area contributed by atoms with Gasteiger partial charge in [0.05, 0.1) is 19.9 Å². The van der Waals surface area contributed by atoms with Crippen LogP contribution in [0.4, 0.5) is 0 Å². The molecule has 0 spiro atoms. The molecule has 1 aliphatic rings. The number of nitrogens with zero attached hydrogens (tertiary/aromatic N) is 2. The van der Waals surface area contributed by atoms with Crippen LogP contribution in [0.1, 0.15) is 30.5 Å². The molecule has 5 heteroatoms. The third kappa shape index (κ3) is 2.66. The Morgan fingerprint density at radius 1 is 1.24 bits per heavy atom. The summed E-state index contributed by atoms with van der Waals surface area (Å²) < 4.78 is 10.3. The largest absolute Gasteiger partial charge is 0.481 e. The SMILES string of the molecule is COc1nc(CCC2(N)CC2)c(C)c(OC)n1. The first kappa shape index (κ1) is 12.1. The molecule has 0 saturated heterocycles. The summed E-state index contributed by atoms with van der Waals surface area (Å²) in [5.74, 6) is 0.578. The van der Waals surface area contributed by atoms with E-state index < -0.39 is 0 Å². The monoisotopic (exact) mass is 237 g/mol. The van der Waals surface area contributed by atoms with Crippen molar-refractivity contribution in [3.8, 4) is 11.9 Å². The molecule has 0 radical (unpaired) electrons. The minimum absolute atomic E-state index is 0.0395.